The number of halogens is 4. The number of hydrogen-bond acceptors (Lipinski definition) is 2. The van der Waals surface area contributed by atoms with Gasteiger partial charge in [0.1, 0.15) is 6.54 Å². The molecule has 132 valence electrons. The number of amides is 2. The molecular weight excluding hydrogens is 357 g/mol. The van der Waals surface area contributed by atoms with Crippen molar-refractivity contribution in [2.24, 2.45) is 0 Å². The van der Waals surface area contributed by atoms with Crippen molar-refractivity contribution in [1.82, 2.24) is 5.32 Å². The van der Waals surface area contributed by atoms with Crippen LogP contribution in [-0.4, -0.2) is 24.5 Å². The molecular formula is C17H14ClF3N2O2. The van der Waals surface area contributed by atoms with Crippen LogP contribution in [0.25, 0.3) is 0 Å². The van der Waals surface area contributed by atoms with E-state index in [4.69, 9.17) is 11.6 Å². The number of anilines is 1. The van der Waals surface area contributed by atoms with Crippen LogP contribution in [0.3, 0.4) is 0 Å². The van der Waals surface area contributed by atoms with Gasteiger partial charge in [0.15, 0.2) is 0 Å². The number of carbonyl (C=O) groups is 2. The molecule has 0 heterocycles. The van der Waals surface area contributed by atoms with Gasteiger partial charge >= 0.3 is 6.18 Å². The first-order valence-electron chi connectivity index (χ1n) is 7.22. The van der Waals surface area contributed by atoms with E-state index >= 15 is 0 Å². The van der Waals surface area contributed by atoms with E-state index < -0.39 is 18.6 Å². The number of rotatable bonds is 5. The summed E-state index contributed by atoms with van der Waals surface area (Å²) in [5, 5.41) is 4.90. The minimum absolute atomic E-state index is 0.182. The molecule has 4 nitrogen and oxygen atoms in total. The first-order chi connectivity index (χ1) is 11.7. The van der Waals surface area contributed by atoms with E-state index in [-0.39, 0.29) is 12.3 Å². The summed E-state index contributed by atoms with van der Waals surface area (Å²) in [6.45, 7) is -1.36. The van der Waals surface area contributed by atoms with Crippen LogP contribution < -0.4 is 10.6 Å². The Morgan fingerprint density at radius 3 is 2.32 bits per heavy atom. The van der Waals surface area contributed by atoms with Crippen molar-refractivity contribution in [2.45, 2.75) is 12.6 Å². The molecule has 2 aromatic rings. The van der Waals surface area contributed by atoms with Gasteiger partial charge in [0.25, 0.3) is 5.91 Å². The molecule has 0 aliphatic heterocycles. The molecule has 0 radical (unpaired) electrons. The molecule has 0 aliphatic rings. The van der Waals surface area contributed by atoms with Gasteiger partial charge in [-0.3, -0.25) is 9.59 Å². The van der Waals surface area contributed by atoms with Crippen molar-refractivity contribution in [3.63, 3.8) is 0 Å². The molecule has 2 aromatic carbocycles. The normalized spacial score (nSPS) is 11.0. The number of benzene rings is 2. The van der Waals surface area contributed by atoms with E-state index in [9.17, 15) is 22.8 Å². The maximum Gasteiger partial charge on any atom is 0.405 e. The summed E-state index contributed by atoms with van der Waals surface area (Å²) in [6.07, 6.45) is -4.62. The summed E-state index contributed by atoms with van der Waals surface area (Å²) in [5.41, 5.74) is 1.41. The lowest BCUT2D eigenvalue weighted by atomic mass is 10.1. The SMILES string of the molecule is O=C(Cc1ccc(NC(=O)c2cccc(Cl)c2)cc1)NCC(F)(F)F. The van der Waals surface area contributed by atoms with Crippen LogP contribution >= 0.6 is 11.6 Å². The zero-order valence-corrected chi connectivity index (χ0v) is 13.6. The minimum Gasteiger partial charge on any atom is -0.347 e. The Morgan fingerprint density at radius 2 is 1.72 bits per heavy atom. The molecule has 0 atom stereocenters. The molecule has 0 saturated carbocycles. The lowest BCUT2D eigenvalue weighted by Crippen LogP contribution is -2.34. The van der Waals surface area contributed by atoms with E-state index in [0.717, 1.165) is 0 Å². The second-order valence-electron chi connectivity index (χ2n) is 5.23. The Labute approximate surface area is 147 Å². The van der Waals surface area contributed by atoms with Crippen molar-refractivity contribution < 1.29 is 22.8 Å². The molecule has 0 bridgehead atoms. The average Bonchev–Trinajstić information content (AvgIpc) is 2.54. The Hall–Kier alpha value is -2.54. The lowest BCUT2D eigenvalue weighted by molar-refractivity contribution is -0.138. The largest absolute Gasteiger partial charge is 0.405 e. The highest BCUT2D eigenvalue weighted by molar-refractivity contribution is 6.31. The van der Waals surface area contributed by atoms with E-state index in [1.807, 2.05) is 0 Å². The summed E-state index contributed by atoms with van der Waals surface area (Å²) in [4.78, 5) is 23.5. The number of nitrogens with one attached hydrogen (secondary N) is 2. The fourth-order valence-electron chi connectivity index (χ4n) is 1.99. The van der Waals surface area contributed by atoms with Crippen LogP contribution in [0.15, 0.2) is 48.5 Å². The molecule has 2 rings (SSSR count). The molecule has 0 aromatic heterocycles. The maximum atomic E-state index is 12.1. The first-order valence-corrected chi connectivity index (χ1v) is 7.60. The van der Waals surface area contributed by atoms with Gasteiger partial charge in [-0.2, -0.15) is 13.2 Å². The van der Waals surface area contributed by atoms with Crippen molar-refractivity contribution in [1.29, 1.82) is 0 Å². The topological polar surface area (TPSA) is 58.2 Å². The Morgan fingerprint density at radius 1 is 1.04 bits per heavy atom. The molecule has 0 aliphatic carbocycles. The van der Waals surface area contributed by atoms with Crippen LogP contribution in [0.4, 0.5) is 18.9 Å². The molecule has 0 fully saturated rings. The summed E-state index contributed by atoms with van der Waals surface area (Å²) in [7, 11) is 0. The number of carbonyl (C=O) groups excluding carboxylic acids is 2. The van der Waals surface area contributed by atoms with E-state index in [1.165, 1.54) is 6.07 Å². The highest BCUT2D eigenvalue weighted by atomic mass is 35.5. The minimum atomic E-state index is -4.44. The van der Waals surface area contributed by atoms with Gasteiger partial charge < -0.3 is 10.6 Å². The monoisotopic (exact) mass is 370 g/mol. The quantitative estimate of drug-likeness (QED) is 0.840. The Bertz CT molecular complexity index is 761. The molecule has 8 heteroatoms. The average molecular weight is 371 g/mol. The molecule has 25 heavy (non-hydrogen) atoms. The van der Waals surface area contributed by atoms with Gasteiger partial charge in [0, 0.05) is 16.3 Å². The number of alkyl halides is 3. The predicted molar refractivity (Wildman–Crippen MR) is 88.6 cm³/mol. The zero-order chi connectivity index (χ0) is 18.4. The van der Waals surface area contributed by atoms with Gasteiger partial charge in [-0.1, -0.05) is 29.8 Å². The van der Waals surface area contributed by atoms with Crippen molar-refractivity contribution in [2.75, 3.05) is 11.9 Å². The Kier molecular flexibility index (Phi) is 6.03. The van der Waals surface area contributed by atoms with Crippen LogP contribution in [0, 0.1) is 0 Å². The van der Waals surface area contributed by atoms with Crippen molar-refractivity contribution in [3.05, 3.63) is 64.7 Å². The maximum absolute atomic E-state index is 12.1. The van der Waals surface area contributed by atoms with Gasteiger partial charge in [-0.05, 0) is 35.9 Å². The molecule has 0 saturated heterocycles. The van der Waals surface area contributed by atoms with E-state index in [2.05, 4.69) is 5.32 Å². The summed E-state index contributed by atoms with van der Waals surface area (Å²) in [6, 6.07) is 12.7. The highest BCUT2D eigenvalue weighted by Crippen LogP contribution is 2.15. The molecule has 2 N–H and O–H groups in total. The van der Waals surface area contributed by atoms with Crippen LogP contribution in [0.5, 0.6) is 0 Å². The molecule has 0 spiro atoms. The number of hydrogen-bond donors (Lipinski definition) is 2. The highest BCUT2D eigenvalue weighted by Gasteiger charge is 2.27. The molecule has 2 amide bonds. The van der Waals surface area contributed by atoms with E-state index in [1.54, 1.807) is 47.8 Å². The first kappa shape index (κ1) is 18.8. The fraction of sp³-hybridized carbons (Fsp3) is 0.176. The summed E-state index contributed by atoms with van der Waals surface area (Å²) >= 11 is 5.83. The van der Waals surface area contributed by atoms with Crippen molar-refractivity contribution in [3.8, 4) is 0 Å². The predicted octanol–water partition coefficient (Wildman–Crippen LogP) is 3.81. The Balaban J connectivity index is 1.91. The van der Waals surface area contributed by atoms with Gasteiger partial charge in [0.05, 0.1) is 6.42 Å². The van der Waals surface area contributed by atoms with Crippen LogP contribution in [0.2, 0.25) is 5.02 Å². The standard InChI is InChI=1S/C17H14ClF3N2O2/c18-13-3-1-2-12(9-13)16(25)23-14-6-4-11(5-7-14)8-15(24)22-10-17(19,20)21/h1-7,9H,8,10H2,(H,22,24)(H,23,25). The zero-order valence-electron chi connectivity index (χ0n) is 12.9. The third kappa shape index (κ3) is 6.46. The van der Waals surface area contributed by atoms with Gasteiger partial charge in [-0.15, -0.1) is 0 Å². The second-order valence-corrected chi connectivity index (χ2v) is 5.67. The molecule has 0 unspecified atom stereocenters. The summed E-state index contributed by atoms with van der Waals surface area (Å²) < 4.78 is 36.1. The second kappa shape index (κ2) is 8.02. The third-order valence-electron chi connectivity index (χ3n) is 3.15. The van der Waals surface area contributed by atoms with Crippen LogP contribution in [0.1, 0.15) is 15.9 Å². The van der Waals surface area contributed by atoms with Gasteiger partial charge in [0.2, 0.25) is 5.91 Å². The van der Waals surface area contributed by atoms with E-state index in [0.29, 0.717) is 21.8 Å². The van der Waals surface area contributed by atoms with Gasteiger partial charge in [-0.25, -0.2) is 0 Å². The smallest absolute Gasteiger partial charge is 0.347 e. The van der Waals surface area contributed by atoms with Crippen molar-refractivity contribution >= 4 is 29.1 Å². The fourth-order valence-corrected chi connectivity index (χ4v) is 2.18. The van der Waals surface area contributed by atoms with Crippen LogP contribution in [-0.2, 0) is 11.2 Å². The lowest BCUT2D eigenvalue weighted by Gasteiger charge is -2.09. The third-order valence-corrected chi connectivity index (χ3v) is 3.38. The summed E-state index contributed by atoms with van der Waals surface area (Å²) in [5.74, 6) is -1.08.